The normalized spacial score (nSPS) is 24.4. The van der Waals surface area contributed by atoms with E-state index < -0.39 is 0 Å². The Morgan fingerprint density at radius 1 is 1.12 bits per heavy atom. The summed E-state index contributed by atoms with van der Waals surface area (Å²) in [5, 5.41) is 0. The van der Waals surface area contributed by atoms with Gasteiger partial charge in [-0.1, -0.05) is 12.1 Å². The highest BCUT2D eigenvalue weighted by molar-refractivity contribution is 5.85. The van der Waals surface area contributed by atoms with E-state index in [1.807, 2.05) is 23.1 Å². The van der Waals surface area contributed by atoms with Crippen LogP contribution >= 0.6 is 0 Å². The fourth-order valence-electron chi connectivity index (χ4n) is 4.26. The van der Waals surface area contributed by atoms with Gasteiger partial charge >= 0.3 is 0 Å². The molecule has 0 radical (unpaired) electrons. The number of piperidine rings is 1. The molecular weight excluding hydrogens is 319 g/mol. The third-order valence-electron chi connectivity index (χ3n) is 5.48. The third kappa shape index (κ3) is 3.33. The van der Waals surface area contributed by atoms with E-state index in [9.17, 15) is 9.18 Å². The Morgan fingerprint density at radius 2 is 2.04 bits per heavy atom. The molecule has 2 saturated heterocycles. The lowest BCUT2D eigenvalue weighted by molar-refractivity contribution is -0.139. The maximum Gasteiger partial charge on any atom is 0.230 e. The highest BCUT2D eigenvalue weighted by Crippen LogP contribution is 2.41. The Morgan fingerprint density at radius 3 is 2.84 bits per heavy atom. The zero-order chi connectivity index (χ0) is 17.3. The van der Waals surface area contributed by atoms with E-state index in [4.69, 9.17) is 4.42 Å². The van der Waals surface area contributed by atoms with Crippen molar-refractivity contribution < 1.29 is 13.6 Å². The molecule has 0 N–H and O–H groups in total. The van der Waals surface area contributed by atoms with Gasteiger partial charge in [-0.05, 0) is 55.6 Å². The highest BCUT2D eigenvalue weighted by Gasteiger charge is 2.48. The monoisotopic (exact) mass is 342 g/mol. The van der Waals surface area contributed by atoms with E-state index >= 15 is 0 Å². The molecule has 1 amide bonds. The molecule has 4 nitrogen and oxygen atoms in total. The lowest BCUT2D eigenvalue weighted by Gasteiger charge is -2.38. The summed E-state index contributed by atoms with van der Waals surface area (Å²) in [5.41, 5.74) is 0.576. The van der Waals surface area contributed by atoms with E-state index in [2.05, 4.69) is 4.90 Å². The number of hydrogen-bond acceptors (Lipinski definition) is 3. The van der Waals surface area contributed by atoms with Crippen molar-refractivity contribution in [2.45, 2.75) is 32.4 Å². The van der Waals surface area contributed by atoms with Gasteiger partial charge < -0.3 is 9.32 Å². The molecule has 0 bridgehead atoms. The largest absolute Gasteiger partial charge is 0.468 e. The van der Waals surface area contributed by atoms with Crippen LogP contribution in [0.5, 0.6) is 0 Å². The van der Waals surface area contributed by atoms with Crippen LogP contribution in [0.25, 0.3) is 0 Å². The van der Waals surface area contributed by atoms with Crippen LogP contribution in [-0.4, -0.2) is 35.3 Å². The minimum absolute atomic E-state index is 0.223. The van der Waals surface area contributed by atoms with Crippen LogP contribution in [-0.2, 0) is 17.9 Å². The number of hydrogen-bond donors (Lipinski definition) is 0. The molecule has 1 aromatic heterocycles. The second-order valence-corrected chi connectivity index (χ2v) is 7.28. The molecule has 4 rings (SSSR count). The molecule has 1 atom stereocenters. The van der Waals surface area contributed by atoms with Gasteiger partial charge in [0.25, 0.3) is 0 Å². The van der Waals surface area contributed by atoms with Gasteiger partial charge in [0.2, 0.25) is 5.91 Å². The molecule has 1 unspecified atom stereocenters. The van der Waals surface area contributed by atoms with E-state index in [1.54, 1.807) is 12.3 Å². The molecule has 2 aliphatic heterocycles. The minimum Gasteiger partial charge on any atom is -0.468 e. The Balaban J connectivity index is 1.44. The molecule has 3 heterocycles. The zero-order valence-corrected chi connectivity index (χ0v) is 14.3. The van der Waals surface area contributed by atoms with Gasteiger partial charge in [0.05, 0.1) is 18.2 Å². The van der Waals surface area contributed by atoms with Crippen molar-refractivity contribution in [2.75, 3.05) is 19.6 Å². The van der Waals surface area contributed by atoms with Crippen LogP contribution in [0.4, 0.5) is 4.39 Å². The van der Waals surface area contributed by atoms with Crippen LogP contribution in [0.1, 0.15) is 30.6 Å². The van der Waals surface area contributed by atoms with E-state index in [0.29, 0.717) is 6.54 Å². The van der Waals surface area contributed by atoms with Gasteiger partial charge in [0, 0.05) is 19.6 Å². The molecular formula is C20H23FN2O2. The molecule has 5 heteroatoms. The van der Waals surface area contributed by atoms with Crippen molar-refractivity contribution in [3.8, 4) is 0 Å². The van der Waals surface area contributed by atoms with Gasteiger partial charge in [-0.25, -0.2) is 4.39 Å². The number of amides is 1. The first-order chi connectivity index (χ1) is 12.1. The smallest absolute Gasteiger partial charge is 0.230 e. The SMILES string of the molecule is O=C1N(Cc2cccc(F)c2)CCC12CCCN(Cc1ccco1)C2. The van der Waals surface area contributed by atoms with Gasteiger partial charge in [-0.2, -0.15) is 0 Å². The van der Waals surface area contributed by atoms with Crippen molar-refractivity contribution in [2.24, 2.45) is 5.41 Å². The van der Waals surface area contributed by atoms with Crippen molar-refractivity contribution in [1.29, 1.82) is 0 Å². The lowest BCUT2D eigenvalue weighted by atomic mass is 9.78. The van der Waals surface area contributed by atoms with Crippen LogP contribution in [0.15, 0.2) is 47.1 Å². The lowest BCUT2D eigenvalue weighted by Crippen LogP contribution is -2.47. The molecule has 132 valence electrons. The molecule has 0 saturated carbocycles. The molecule has 2 aromatic rings. The Labute approximate surface area is 147 Å². The number of halogens is 1. The van der Waals surface area contributed by atoms with E-state index in [0.717, 1.165) is 56.8 Å². The predicted octanol–water partition coefficient (Wildman–Crippen LogP) is 3.43. The number of rotatable bonds is 4. The topological polar surface area (TPSA) is 36.7 Å². The van der Waals surface area contributed by atoms with Gasteiger partial charge in [0.15, 0.2) is 0 Å². The second kappa shape index (κ2) is 6.64. The van der Waals surface area contributed by atoms with Crippen LogP contribution in [0.3, 0.4) is 0 Å². The maximum absolute atomic E-state index is 13.4. The Hall–Kier alpha value is -2.14. The fourth-order valence-corrected chi connectivity index (χ4v) is 4.26. The first kappa shape index (κ1) is 16.3. The minimum atomic E-state index is -0.280. The summed E-state index contributed by atoms with van der Waals surface area (Å²) in [6.07, 6.45) is 4.55. The first-order valence-corrected chi connectivity index (χ1v) is 8.93. The number of carbonyl (C=O) groups is 1. The molecule has 0 aliphatic carbocycles. The average molecular weight is 342 g/mol. The summed E-state index contributed by atoms with van der Waals surface area (Å²) in [7, 11) is 0. The summed E-state index contributed by atoms with van der Waals surface area (Å²) >= 11 is 0. The number of benzene rings is 1. The molecule has 2 fully saturated rings. The quantitative estimate of drug-likeness (QED) is 0.854. The van der Waals surface area contributed by atoms with E-state index in [-0.39, 0.29) is 17.1 Å². The van der Waals surface area contributed by atoms with Gasteiger partial charge in [0.1, 0.15) is 11.6 Å². The van der Waals surface area contributed by atoms with Crippen LogP contribution in [0, 0.1) is 11.2 Å². The Kier molecular flexibility index (Phi) is 4.34. The number of furan rings is 1. The summed E-state index contributed by atoms with van der Waals surface area (Å²) in [5.74, 6) is 0.918. The summed E-state index contributed by atoms with van der Waals surface area (Å²) in [6, 6.07) is 10.4. The first-order valence-electron chi connectivity index (χ1n) is 8.93. The fraction of sp³-hybridized carbons (Fsp3) is 0.450. The number of nitrogens with zero attached hydrogens (tertiary/aromatic N) is 2. The van der Waals surface area contributed by atoms with Gasteiger partial charge in [-0.15, -0.1) is 0 Å². The van der Waals surface area contributed by atoms with Crippen molar-refractivity contribution in [3.05, 3.63) is 59.8 Å². The molecule has 1 spiro atoms. The maximum atomic E-state index is 13.4. The van der Waals surface area contributed by atoms with Crippen molar-refractivity contribution in [3.63, 3.8) is 0 Å². The number of likely N-dealkylation sites (tertiary alicyclic amines) is 2. The Bertz CT molecular complexity index is 746. The van der Waals surface area contributed by atoms with Crippen LogP contribution in [0.2, 0.25) is 0 Å². The summed E-state index contributed by atoms with van der Waals surface area (Å²) in [6.45, 7) is 3.79. The van der Waals surface area contributed by atoms with Crippen LogP contribution < -0.4 is 0 Å². The second-order valence-electron chi connectivity index (χ2n) is 7.28. The summed E-state index contributed by atoms with van der Waals surface area (Å²) < 4.78 is 18.9. The van der Waals surface area contributed by atoms with E-state index in [1.165, 1.54) is 12.1 Å². The van der Waals surface area contributed by atoms with Crippen molar-refractivity contribution >= 4 is 5.91 Å². The van der Waals surface area contributed by atoms with Crippen molar-refractivity contribution in [1.82, 2.24) is 9.80 Å². The molecule has 25 heavy (non-hydrogen) atoms. The molecule has 2 aliphatic rings. The average Bonchev–Trinajstić information content (AvgIpc) is 3.20. The number of carbonyl (C=O) groups excluding carboxylic acids is 1. The zero-order valence-electron chi connectivity index (χ0n) is 14.3. The highest BCUT2D eigenvalue weighted by atomic mass is 19.1. The predicted molar refractivity (Wildman–Crippen MR) is 92.1 cm³/mol. The standard InChI is InChI=1S/C20H23FN2O2/c21-17-5-1-4-16(12-17)13-23-10-8-20(19(23)24)7-3-9-22(15-20)14-18-6-2-11-25-18/h1-2,4-6,11-12H,3,7-10,13-15H2. The molecule has 1 aromatic carbocycles. The summed E-state index contributed by atoms with van der Waals surface area (Å²) in [4.78, 5) is 17.3. The third-order valence-corrected chi connectivity index (χ3v) is 5.48. The van der Waals surface area contributed by atoms with Gasteiger partial charge in [-0.3, -0.25) is 9.69 Å².